The first-order chi connectivity index (χ1) is 11.0. The van der Waals surface area contributed by atoms with Crippen molar-refractivity contribution in [3.8, 4) is 0 Å². The molecule has 6 heteroatoms. The highest BCUT2D eigenvalue weighted by Crippen LogP contribution is 2.42. The van der Waals surface area contributed by atoms with Crippen LogP contribution in [0.3, 0.4) is 0 Å². The summed E-state index contributed by atoms with van der Waals surface area (Å²) in [5, 5.41) is 3.72. The standard InChI is InChI=1S/C17H20Cl2N2O2/c1-10-3-2-6-21(9-10)17(23)13-8-12(13)16(22)20-15-5-4-11(18)7-14(15)19/h4-5,7,10,12-13H,2-3,6,8-9H2,1H3,(H,20,22). The summed E-state index contributed by atoms with van der Waals surface area (Å²) in [4.78, 5) is 26.7. The first-order valence-corrected chi connectivity index (χ1v) is 8.76. The second-order valence-corrected chi connectivity index (χ2v) is 7.44. The third kappa shape index (κ3) is 3.81. The molecule has 0 bridgehead atoms. The Kier molecular flexibility index (Phi) is 4.83. The molecule has 3 unspecified atom stereocenters. The fourth-order valence-electron chi connectivity index (χ4n) is 3.20. The molecule has 3 rings (SSSR count). The average molecular weight is 355 g/mol. The molecule has 23 heavy (non-hydrogen) atoms. The van der Waals surface area contributed by atoms with Crippen LogP contribution in [0.25, 0.3) is 0 Å². The van der Waals surface area contributed by atoms with Crippen molar-refractivity contribution in [2.45, 2.75) is 26.2 Å². The average Bonchev–Trinajstić information content (AvgIpc) is 3.30. The topological polar surface area (TPSA) is 49.4 Å². The lowest BCUT2D eigenvalue weighted by Crippen LogP contribution is -2.40. The van der Waals surface area contributed by atoms with Gasteiger partial charge in [0.25, 0.3) is 0 Å². The molecule has 0 aromatic heterocycles. The van der Waals surface area contributed by atoms with Gasteiger partial charge in [0.1, 0.15) is 0 Å². The molecule has 4 nitrogen and oxygen atoms in total. The van der Waals surface area contributed by atoms with E-state index in [0.717, 1.165) is 19.5 Å². The maximum atomic E-state index is 12.5. The van der Waals surface area contributed by atoms with E-state index in [1.807, 2.05) is 4.90 Å². The van der Waals surface area contributed by atoms with Crippen LogP contribution in [0.15, 0.2) is 18.2 Å². The van der Waals surface area contributed by atoms with Crippen molar-refractivity contribution >= 4 is 40.7 Å². The number of anilines is 1. The number of hydrogen-bond acceptors (Lipinski definition) is 2. The summed E-state index contributed by atoms with van der Waals surface area (Å²) in [5.41, 5.74) is 0.533. The molecule has 1 aromatic rings. The highest BCUT2D eigenvalue weighted by atomic mass is 35.5. The van der Waals surface area contributed by atoms with E-state index in [1.54, 1.807) is 18.2 Å². The fourth-order valence-corrected chi connectivity index (χ4v) is 3.65. The van der Waals surface area contributed by atoms with Gasteiger partial charge in [0.2, 0.25) is 11.8 Å². The molecule has 124 valence electrons. The highest BCUT2D eigenvalue weighted by Gasteiger charge is 2.49. The molecule has 2 aliphatic rings. The molecule has 1 N–H and O–H groups in total. The fraction of sp³-hybridized carbons (Fsp3) is 0.529. The third-order valence-corrected chi connectivity index (χ3v) is 5.15. The summed E-state index contributed by atoms with van der Waals surface area (Å²) in [6.45, 7) is 3.79. The zero-order chi connectivity index (χ0) is 16.6. The molecular weight excluding hydrogens is 335 g/mol. The Balaban J connectivity index is 1.57. The molecule has 2 fully saturated rings. The molecule has 3 atom stereocenters. The van der Waals surface area contributed by atoms with Crippen molar-refractivity contribution in [2.75, 3.05) is 18.4 Å². The van der Waals surface area contributed by atoms with Crippen molar-refractivity contribution in [2.24, 2.45) is 17.8 Å². The van der Waals surface area contributed by atoms with Gasteiger partial charge in [0, 0.05) is 18.1 Å². The van der Waals surface area contributed by atoms with Crippen LogP contribution < -0.4 is 5.32 Å². The van der Waals surface area contributed by atoms with Crippen LogP contribution in [0.1, 0.15) is 26.2 Å². The van der Waals surface area contributed by atoms with E-state index in [4.69, 9.17) is 23.2 Å². The number of rotatable bonds is 3. The van der Waals surface area contributed by atoms with E-state index in [9.17, 15) is 9.59 Å². The van der Waals surface area contributed by atoms with Crippen LogP contribution in [0, 0.1) is 17.8 Å². The van der Waals surface area contributed by atoms with Gasteiger partial charge >= 0.3 is 0 Å². The second kappa shape index (κ2) is 6.70. The number of piperidine rings is 1. The molecule has 1 saturated carbocycles. The molecule has 1 heterocycles. The van der Waals surface area contributed by atoms with Crippen LogP contribution in [0.5, 0.6) is 0 Å². The summed E-state index contributed by atoms with van der Waals surface area (Å²) in [6.07, 6.45) is 2.85. The Bertz CT molecular complexity index is 635. The number of hydrogen-bond donors (Lipinski definition) is 1. The summed E-state index contributed by atoms with van der Waals surface area (Å²) in [5.74, 6) is 0.112. The maximum Gasteiger partial charge on any atom is 0.228 e. The number of nitrogens with one attached hydrogen (secondary N) is 1. The molecule has 1 saturated heterocycles. The van der Waals surface area contributed by atoms with Crippen LogP contribution >= 0.6 is 23.2 Å². The quantitative estimate of drug-likeness (QED) is 0.896. The Morgan fingerprint density at radius 3 is 2.74 bits per heavy atom. The molecular formula is C17H20Cl2N2O2. The summed E-state index contributed by atoms with van der Waals surface area (Å²) >= 11 is 11.9. The number of halogens is 2. The van der Waals surface area contributed by atoms with Gasteiger partial charge in [-0.3, -0.25) is 9.59 Å². The van der Waals surface area contributed by atoms with Gasteiger partial charge in [0.05, 0.1) is 22.5 Å². The van der Waals surface area contributed by atoms with E-state index < -0.39 is 0 Å². The monoisotopic (exact) mass is 354 g/mol. The van der Waals surface area contributed by atoms with Gasteiger partial charge in [-0.15, -0.1) is 0 Å². The van der Waals surface area contributed by atoms with Gasteiger partial charge in [0.15, 0.2) is 0 Å². The van der Waals surface area contributed by atoms with Crippen molar-refractivity contribution in [3.63, 3.8) is 0 Å². The largest absolute Gasteiger partial charge is 0.342 e. The molecule has 2 amide bonds. The van der Waals surface area contributed by atoms with Gasteiger partial charge in [-0.1, -0.05) is 30.1 Å². The molecule has 1 aliphatic carbocycles. The normalized spacial score (nSPS) is 26.7. The van der Waals surface area contributed by atoms with E-state index in [-0.39, 0.29) is 23.7 Å². The predicted molar refractivity (Wildman–Crippen MR) is 91.7 cm³/mol. The van der Waals surface area contributed by atoms with E-state index in [0.29, 0.717) is 28.1 Å². The first kappa shape index (κ1) is 16.6. The van der Waals surface area contributed by atoms with E-state index in [1.165, 1.54) is 6.42 Å². The van der Waals surface area contributed by atoms with Crippen LogP contribution in [-0.2, 0) is 9.59 Å². The number of amides is 2. The van der Waals surface area contributed by atoms with Crippen molar-refractivity contribution in [1.82, 2.24) is 4.90 Å². The van der Waals surface area contributed by atoms with Gasteiger partial charge in [-0.05, 0) is 43.4 Å². The number of benzene rings is 1. The number of nitrogens with zero attached hydrogens (tertiary/aromatic N) is 1. The molecule has 0 spiro atoms. The lowest BCUT2D eigenvalue weighted by molar-refractivity contribution is -0.135. The van der Waals surface area contributed by atoms with Crippen LogP contribution in [0.2, 0.25) is 10.0 Å². The zero-order valence-electron chi connectivity index (χ0n) is 13.0. The van der Waals surface area contributed by atoms with Gasteiger partial charge in [-0.25, -0.2) is 0 Å². The first-order valence-electron chi connectivity index (χ1n) is 8.00. The van der Waals surface area contributed by atoms with Crippen molar-refractivity contribution < 1.29 is 9.59 Å². The van der Waals surface area contributed by atoms with Gasteiger partial charge < -0.3 is 10.2 Å². The summed E-state index contributed by atoms with van der Waals surface area (Å²) < 4.78 is 0. The Morgan fingerprint density at radius 2 is 2.04 bits per heavy atom. The van der Waals surface area contributed by atoms with Crippen molar-refractivity contribution in [1.29, 1.82) is 0 Å². The minimum absolute atomic E-state index is 0.124. The lowest BCUT2D eigenvalue weighted by atomic mass is 10.00. The molecule has 1 aliphatic heterocycles. The van der Waals surface area contributed by atoms with Crippen LogP contribution in [-0.4, -0.2) is 29.8 Å². The lowest BCUT2D eigenvalue weighted by Gasteiger charge is -2.31. The Labute approximate surface area is 146 Å². The summed E-state index contributed by atoms with van der Waals surface area (Å²) in [7, 11) is 0. The second-order valence-electron chi connectivity index (χ2n) is 6.59. The summed E-state index contributed by atoms with van der Waals surface area (Å²) in [6, 6.07) is 4.94. The number of likely N-dealkylation sites (tertiary alicyclic amines) is 1. The molecule has 1 aromatic carbocycles. The minimum Gasteiger partial charge on any atom is -0.342 e. The minimum atomic E-state index is -0.244. The van der Waals surface area contributed by atoms with Gasteiger partial charge in [-0.2, -0.15) is 0 Å². The van der Waals surface area contributed by atoms with Crippen molar-refractivity contribution in [3.05, 3.63) is 28.2 Å². The number of carbonyl (C=O) groups is 2. The van der Waals surface area contributed by atoms with E-state index >= 15 is 0 Å². The zero-order valence-corrected chi connectivity index (χ0v) is 14.5. The molecule has 0 radical (unpaired) electrons. The number of carbonyl (C=O) groups excluding carboxylic acids is 2. The van der Waals surface area contributed by atoms with Crippen LogP contribution in [0.4, 0.5) is 5.69 Å². The SMILES string of the molecule is CC1CCCN(C(=O)C2CC2C(=O)Nc2ccc(Cl)cc2Cl)C1. The smallest absolute Gasteiger partial charge is 0.228 e. The third-order valence-electron chi connectivity index (χ3n) is 4.60. The predicted octanol–water partition coefficient (Wildman–Crippen LogP) is 3.83. The Hall–Kier alpha value is -1.26. The Morgan fingerprint density at radius 1 is 1.26 bits per heavy atom. The maximum absolute atomic E-state index is 12.5. The highest BCUT2D eigenvalue weighted by molar-refractivity contribution is 6.36. The van der Waals surface area contributed by atoms with E-state index in [2.05, 4.69) is 12.2 Å².